The predicted molar refractivity (Wildman–Crippen MR) is 128 cm³/mol. The molecule has 158 valence electrons. The Bertz CT molecular complexity index is 1110. The van der Waals surface area contributed by atoms with Gasteiger partial charge in [-0.2, -0.15) is 0 Å². The minimum absolute atomic E-state index is 0.369. The molecule has 0 radical (unpaired) electrons. The topological polar surface area (TPSA) is 21.6 Å². The van der Waals surface area contributed by atoms with Crippen molar-refractivity contribution in [3.63, 3.8) is 0 Å². The molecule has 0 amide bonds. The zero-order valence-corrected chi connectivity index (χ0v) is 18.9. The summed E-state index contributed by atoms with van der Waals surface area (Å²) in [4.78, 5) is 5.12. The Morgan fingerprint density at radius 3 is 2.48 bits per heavy atom. The smallest absolute Gasteiger partial charge is 0.145 e. The van der Waals surface area contributed by atoms with Crippen LogP contribution in [0.4, 0.5) is 0 Å². The normalized spacial score (nSPS) is 20.0. The molecule has 0 spiro atoms. The van der Waals surface area contributed by atoms with Gasteiger partial charge in [-0.1, -0.05) is 54.1 Å². The van der Waals surface area contributed by atoms with Crippen molar-refractivity contribution in [3.05, 3.63) is 105 Å². The van der Waals surface area contributed by atoms with Crippen LogP contribution in [0.15, 0.2) is 82.2 Å². The van der Waals surface area contributed by atoms with Crippen LogP contribution in [0, 0.1) is 26.7 Å². The Morgan fingerprint density at radius 2 is 1.71 bits per heavy atom. The Morgan fingerprint density at radius 1 is 0.968 bits per heavy atom. The maximum Gasteiger partial charge on any atom is 0.145 e. The first-order chi connectivity index (χ1) is 15.1. The van der Waals surface area contributed by atoms with Crippen molar-refractivity contribution in [2.24, 2.45) is 10.9 Å². The van der Waals surface area contributed by atoms with Gasteiger partial charge < -0.3 is 4.74 Å². The number of hydrogen-bond donors (Lipinski definition) is 0. The third-order valence-electron chi connectivity index (χ3n) is 6.85. The lowest BCUT2D eigenvalue weighted by molar-refractivity contribution is 0.206. The average Bonchev–Trinajstić information content (AvgIpc) is 3.16. The molecule has 2 aromatic carbocycles. The summed E-state index contributed by atoms with van der Waals surface area (Å²) in [5.74, 6) is 1.30. The second kappa shape index (κ2) is 8.34. The van der Waals surface area contributed by atoms with Crippen LogP contribution in [0.1, 0.15) is 53.5 Å². The molecule has 2 nitrogen and oxygen atoms in total. The van der Waals surface area contributed by atoms with Crippen LogP contribution in [0.5, 0.6) is 0 Å². The van der Waals surface area contributed by atoms with E-state index in [1.807, 2.05) is 6.07 Å². The Labute approximate surface area is 186 Å². The molecule has 3 aliphatic rings. The van der Waals surface area contributed by atoms with Crippen LogP contribution in [0.3, 0.4) is 0 Å². The minimum Gasteiger partial charge on any atom is -0.487 e. The molecule has 1 unspecified atom stereocenters. The second-order valence-corrected chi connectivity index (χ2v) is 9.19. The lowest BCUT2D eigenvalue weighted by Gasteiger charge is -2.25. The van der Waals surface area contributed by atoms with Crippen LogP contribution in [0.2, 0.25) is 0 Å². The van der Waals surface area contributed by atoms with Crippen molar-refractivity contribution in [1.82, 2.24) is 0 Å². The maximum atomic E-state index is 6.30. The molecule has 0 aromatic heterocycles. The van der Waals surface area contributed by atoms with Gasteiger partial charge in [0.2, 0.25) is 0 Å². The van der Waals surface area contributed by atoms with E-state index in [1.165, 1.54) is 57.5 Å². The molecular formula is C29H31NO. The summed E-state index contributed by atoms with van der Waals surface area (Å²) in [7, 11) is 0. The van der Waals surface area contributed by atoms with Crippen LogP contribution in [0.25, 0.3) is 0 Å². The zero-order chi connectivity index (χ0) is 21.4. The van der Waals surface area contributed by atoms with Crippen LogP contribution < -0.4 is 0 Å². The third kappa shape index (κ3) is 3.92. The number of benzene rings is 2. The molecule has 0 bridgehead atoms. The first-order valence-corrected chi connectivity index (χ1v) is 11.6. The van der Waals surface area contributed by atoms with Gasteiger partial charge in [0.05, 0.1) is 0 Å². The maximum absolute atomic E-state index is 6.30. The molecule has 2 aromatic rings. The van der Waals surface area contributed by atoms with Crippen molar-refractivity contribution in [1.29, 1.82) is 0 Å². The highest BCUT2D eigenvalue weighted by atomic mass is 16.5. The fourth-order valence-corrected chi connectivity index (χ4v) is 5.38. The molecule has 1 saturated carbocycles. The lowest BCUT2D eigenvalue weighted by Crippen LogP contribution is -2.16. The quantitative estimate of drug-likeness (QED) is 0.516. The highest BCUT2D eigenvalue weighted by molar-refractivity contribution is 6.05. The van der Waals surface area contributed by atoms with E-state index in [4.69, 9.17) is 9.73 Å². The number of nitrogens with zero attached hydrogens (tertiary/aromatic N) is 1. The van der Waals surface area contributed by atoms with Crippen molar-refractivity contribution in [2.75, 3.05) is 0 Å². The molecule has 31 heavy (non-hydrogen) atoms. The van der Waals surface area contributed by atoms with Gasteiger partial charge >= 0.3 is 0 Å². The summed E-state index contributed by atoms with van der Waals surface area (Å²) in [6.45, 7) is 7.27. The summed E-state index contributed by atoms with van der Waals surface area (Å²) in [5, 5.41) is 0. The second-order valence-electron chi connectivity index (χ2n) is 9.19. The Balaban J connectivity index is 1.48. The van der Waals surface area contributed by atoms with Gasteiger partial charge in [0.25, 0.3) is 0 Å². The van der Waals surface area contributed by atoms with Gasteiger partial charge in [-0.15, -0.1) is 0 Å². The Kier molecular flexibility index (Phi) is 5.40. The Hall–Kier alpha value is -2.87. The molecule has 0 N–H and O–H groups in total. The third-order valence-corrected chi connectivity index (χ3v) is 6.85. The van der Waals surface area contributed by atoms with Gasteiger partial charge in [-0.3, -0.25) is 0 Å². The first kappa shape index (κ1) is 20.1. The summed E-state index contributed by atoms with van der Waals surface area (Å²) in [5.41, 5.74) is 12.1. The van der Waals surface area contributed by atoms with Gasteiger partial charge in [-0.05, 0) is 92.4 Å². The van der Waals surface area contributed by atoms with E-state index in [1.54, 1.807) is 0 Å². The molecule has 5 rings (SSSR count). The summed E-state index contributed by atoms with van der Waals surface area (Å²) >= 11 is 0. The average molecular weight is 410 g/mol. The molecule has 1 fully saturated rings. The number of ether oxygens (including phenoxy) is 1. The highest BCUT2D eigenvalue weighted by Crippen LogP contribution is 2.44. The number of aryl methyl sites for hydroxylation is 3. The van der Waals surface area contributed by atoms with Crippen LogP contribution in [-0.2, 0) is 17.8 Å². The number of aliphatic imine (C=N–C) groups is 1. The minimum atomic E-state index is 0.369. The summed E-state index contributed by atoms with van der Waals surface area (Å²) in [6, 6.07) is 15.0. The van der Waals surface area contributed by atoms with E-state index in [2.05, 4.69) is 69.3 Å². The molecule has 1 heterocycles. The lowest BCUT2D eigenvalue weighted by atomic mass is 9.79. The van der Waals surface area contributed by atoms with Gasteiger partial charge in [0.15, 0.2) is 0 Å². The van der Waals surface area contributed by atoms with Gasteiger partial charge in [0.1, 0.15) is 18.1 Å². The van der Waals surface area contributed by atoms with Gasteiger partial charge in [-0.25, -0.2) is 4.99 Å². The molecule has 1 aliphatic heterocycles. The number of allylic oxidation sites excluding steroid dienone is 4. The summed E-state index contributed by atoms with van der Waals surface area (Å²) < 4.78 is 6.30. The molecule has 0 saturated heterocycles. The van der Waals surface area contributed by atoms with E-state index in [0.29, 0.717) is 12.5 Å². The molecular weight excluding hydrogens is 378 g/mol. The fourth-order valence-electron chi connectivity index (χ4n) is 5.38. The molecule has 1 atom stereocenters. The van der Waals surface area contributed by atoms with E-state index in [-0.39, 0.29) is 0 Å². The number of fused-ring (bicyclic) bond motifs is 2. The van der Waals surface area contributed by atoms with Crippen LogP contribution >= 0.6 is 0 Å². The highest BCUT2D eigenvalue weighted by Gasteiger charge is 2.34. The molecule has 2 aliphatic carbocycles. The fraction of sp³-hybridized carbons (Fsp3) is 0.345. The van der Waals surface area contributed by atoms with Crippen LogP contribution in [-0.4, -0.2) is 5.71 Å². The number of hydrogen-bond acceptors (Lipinski definition) is 2. The zero-order valence-electron chi connectivity index (χ0n) is 18.9. The van der Waals surface area contributed by atoms with Crippen molar-refractivity contribution >= 4 is 5.71 Å². The van der Waals surface area contributed by atoms with E-state index in [9.17, 15) is 0 Å². The van der Waals surface area contributed by atoms with Crippen molar-refractivity contribution < 1.29 is 4.74 Å². The van der Waals surface area contributed by atoms with E-state index >= 15 is 0 Å². The monoisotopic (exact) mass is 409 g/mol. The predicted octanol–water partition coefficient (Wildman–Crippen LogP) is 7.09. The SMILES string of the molecule is Cc1cc(C)c(CC2C=CC(OCc3ccccc3)=C3N=C4CCCCC4=C32)c(C)c1. The van der Waals surface area contributed by atoms with E-state index in [0.717, 1.165) is 30.7 Å². The van der Waals surface area contributed by atoms with Crippen molar-refractivity contribution in [2.45, 2.75) is 59.5 Å². The standard InChI is InChI=1S/C29H31NO/c1-19-15-20(2)25(21(3)16-19)17-23-13-14-27(31-18-22-9-5-4-6-10-22)29-28(23)24-11-7-8-12-26(24)30-29/h4-6,9-10,13-16,23H,7-8,11-12,17-18H2,1-3H3. The van der Waals surface area contributed by atoms with Gasteiger partial charge in [0, 0.05) is 11.6 Å². The summed E-state index contributed by atoms with van der Waals surface area (Å²) in [6.07, 6.45) is 10.3. The van der Waals surface area contributed by atoms with E-state index < -0.39 is 0 Å². The van der Waals surface area contributed by atoms with Crippen molar-refractivity contribution in [3.8, 4) is 0 Å². The largest absolute Gasteiger partial charge is 0.487 e. The molecule has 2 heteroatoms. The first-order valence-electron chi connectivity index (χ1n) is 11.6. The number of rotatable bonds is 5.